The lowest BCUT2D eigenvalue weighted by Gasteiger charge is -2.26. The summed E-state index contributed by atoms with van der Waals surface area (Å²) in [4.78, 5) is 2.54. The molecule has 0 aliphatic carbocycles. The summed E-state index contributed by atoms with van der Waals surface area (Å²) in [7, 11) is 0. The molecule has 0 aromatic heterocycles. The molecule has 1 aliphatic rings. The predicted molar refractivity (Wildman–Crippen MR) is 64.2 cm³/mol. The van der Waals surface area contributed by atoms with E-state index in [2.05, 4.69) is 37.5 Å². The average molecular weight is 195 g/mol. The van der Waals surface area contributed by atoms with E-state index >= 15 is 0 Å². The van der Waals surface area contributed by atoms with Crippen LogP contribution in [0.2, 0.25) is 0 Å². The zero-order valence-electron chi connectivity index (χ0n) is 10.6. The van der Waals surface area contributed by atoms with Gasteiger partial charge in [0.25, 0.3) is 0 Å². The standard InChI is InChI=1S/C11H19N.C2H6/c1-5-6-11-7-8-12(9(2)3)10(11)4;1-2/h9-11H,7-8H2,1-4H3;1-2H3. The molecule has 0 bridgehead atoms. The van der Waals surface area contributed by atoms with Crippen molar-refractivity contribution in [1.29, 1.82) is 0 Å². The molecule has 82 valence electrons. The van der Waals surface area contributed by atoms with Gasteiger partial charge in [0.05, 0.1) is 0 Å². The second-order valence-electron chi connectivity index (χ2n) is 3.86. The van der Waals surface area contributed by atoms with Gasteiger partial charge in [0, 0.05) is 18.0 Å². The van der Waals surface area contributed by atoms with Gasteiger partial charge in [0.1, 0.15) is 0 Å². The molecular weight excluding hydrogens is 170 g/mol. The van der Waals surface area contributed by atoms with Crippen LogP contribution in [-0.4, -0.2) is 23.5 Å². The van der Waals surface area contributed by atoms with Crippen molar-refractivity contribution in [2.45, 2.75) is 60.0 Å². The first kappa shape index (κ1) is 13.5. The topological polar surface area (TPSA) is 3.24 Å². The van der Waals surface area contributed by atoms with Crippen molar-refractivity contribution in [3.63, 3.8) is 0 Å². The number of hydrogen-bond donors (Lipinski definition) is 0. The predicted octanol–water partition coefficient (Wildman–Crippen LogP) is 3.15. The van der Waals surface area contributed by atoms with Gasteiger partial charge in [-0.25, -0.2) is 0 Å². The number of nitrogens with zero attached hydrogens (tertiary/aromatic N) is 1. The monoisotopic (exact) mass is 195 g/mol. The Kier molecular flexibility index (Phi) is 6.66. The Morgan fingerprint density at radius 3 is 2.21 bits per heavy atom. The highest BCUT2D eigenvalue weighted by Crippen LogP contribution is 2.25. The van der Waals surface area contributed by atoms with Gasteiger partial charge in [-0.2, -0.15) is 0 Å². The lowest BCUT2D eigenvalue weighted by molar-refractivity contribution is 0.206. The highest BCUT2D eigenvalue weighted by Gasteiger charge is 2.30. The van der Waals surface area contributed by atoms with Crippen LogP contribution in [0, 0.1) is 17.8 Å². The lowest BCUT2D eigenvalue weighted by Crippen LogP contribution is -2.35. The minimum Gasteiger partial charge on any atom is -0.297 e. The SMILES string of the molecule is CC.CC#CC1CCN(C(C)C)C1C. The third-order valence-electron chi connectivity index (χ3n) is 2.80. The summed E-state index contributed by atoms with van der Waals surface area (Å²) >= 11 is 0. The highest BCUT2D eigenvalue weighted by molar-refractivity contribution is 5.07. The van der Waals surface area contributed by atoms with E-state index in [0.717, 1.165) is 0 Å². The Bertz CT molecular complexity index is 197. The van der Waals surface area contributed by atoms with Crippen molar-refractivity contribution >= 4 is 0 Å². The third kappa shape index (κ3) is 3.35. The summed E-state index contributed by atoms with van der Waals surface area (Å²) in [6.45, 7) is 14.0. The second-order valence-corrected chi connectivity index (χ2v) is 3.86. The molecule has 2 unspecified atom stereocenters. The van der Waals surface area contributed by atoms with Crippen molar-refractivity contribution in [3.05, 3.63) is 0 Å². The van der Waals surface area contributed by atoms with Gasteiger partial charge in [-0.15, -0.1) is 5.92 Å². The molecule has 1 fully saturated rings. The van der Waals surface area contributed by atoms with Crippen LogP contribution in [0.25, 0.3) is 0 Å². The first-order valence-electron chi connectivity index (χ1n) is 5.84. The van der Waals surface area contributed by atoms with Gasteiger partial charge >= 0.3 is 0 Å². The largest absolute Gasteiger partial charge is 0.297 e. The van der Waals surface area contributed by atoms with Crippen LogP contribution >= 0.6 is 0 Å². The minimum absolute atomic E-state index is 0.609. The molecule has 1 heteroatoms. The first-order chi connectivity index (χ1) is 6.66. The molecule has 0 saturated carbocycles. The highest BCUT2D eigenvalue weighted by atomic mass is 15.2. The van der Waals surface area contributed by atoms with Crippen molar-refractivity contribution in [2.75, 3.05) is 6.54 Å². The summed E-state index contributed by atoms with van der Waals surface area (Å²) in [5, 5.41) is 0. The summed E-state index contributed by atoms with van der Waals surface area (Å²) < 4.78 is 0. The molecule has 0 spiro atoms. The molecular formula is C13H25N. The normalized spacial score (nSPS) is 26.5. The number of likely N-dealkylation sites (tertiary alicyclic amines) is 1. The van der Waals surface area contributed by atoms with E-state index in [-0.39, 0.29) is 0 Å². The van der Waals surface area contributed by atoms with Crippen LogP contribution in [0.3, 0.4) is 0 Å². The van der Waals surface area contributed by atoms with Crippen LogP contribution in [-0.2, 0) is 0 Å². The Morgan fingerprint density at radius 2 is 1.86 bits per heavy atom. The molecule has 0 amide bonds. The van der Waals surface area contributed by atoms with Crippen molar-refractivity contribution in [2.24, 2.45) is 5.92 Å². The first-order valence-corrected chi connectivity index (χ1v) is 5.84. The molecule has 1 rings (SSSR count). The van der Waals surface area contributed by atoms with Crippen LogP contribution in [0.5, 0.6) is 0 Å². The van der Waals surface area contributed by atoms with Gasteiger partial charge in [-0.3, -0.25) is 4.90 Å². The van der Waals surface area contributed by atoms with Gasteiger partial charge in [-0.05, 0) is 40.7 Å². The molecule has 14 heavy (non-hydrogen) atoms. The van der Waals surface area contributed by atoms with E-state index in [4.69, 9.17) is 0 Å². The Balaban J connectivity index is 0.000000791. The summed E-state index contributed by atoms with van der Waals surface area (Å²) in [5.74, 6) is 6.92. The van der Waals surface area contributed by atoms with Crippen molar-refractivity contribution in [3.8, 4) is 11.8 Å². The van der Waals surface area contributed by atoms with E-state index in [1.165, 1.54) is 13.0 Å². The summed E-state index contributed by atoms with van der Waals surface area (Å²) in [5.41, 5.74) is 0. The van der Waals surface area contributed by atoms with Crippen molar-refractivity contribution in [1.82, 2.24) is 4.90 Å². The number of rotatable bonds is 1. The van der Waals surface area contributed by atoms with Crippen LogP contribution in [0.15, 0.2) is 0 Å². The van der Waals surface area contributed by atoms with Crippen LogP contribution < -0.4 is 0 Å². The molecule has 0 aromatic carbocycles. The Hall–Kier alpha value is -0.480. The van der Waals surface area contributed by atoms with E-state index in [0.29, 0.717) is 18.0 Å². The quantitative estimate of drug-likeness (QED) is 0.581. The third-order valence-corrected chi connectivity index (χ3v) is 2.80. The fourth-order valence-electron chi connectivity index (χ4n) is 2.07. The van der Waals surface area contributed by atoms with Gasteiger partial charge in [-0.1, -0.05) is 19.8 Å². The fourth-order valence-corrected chi connectivity index (χ4v) is 2.07. The molecule has 1 heterocycles. The van der Waals surface area contributed by atoms with Crippen LogP contribution in [0.4, 0.5) is 0 Å². The van der Waals surface area contributed by atoms with Gasteiger partial charge < -0.3 is 0 Å². The molecule has 2 atom stereocenters. The van der Waals surface area contributed by atoms with E-state index in [1.54, 1.807) is 0 Å². The Labute approximate surface area is 89.9 Å². The van der Waals surface area contributed by atoms with Crippen LogP contribution in [0.1, 0.15) is 48.0 Å². The van der Waals surface area contributed by atoms with E-state index < -0.39 is 0 Å². The maximum Gasteiger partial charge on any atom is 0.0368 e. The number of hydrogen-bond acceptors (Lipinski definition) is 1. The van der Waals surface area contributed by atoms with Gasteiger partial charge in [0.15, 0.2) is 0 Å². The lowest BCUT2D eigenvalue weighted by atomic mass is 10.0. The molecule has 1 nitrogen and oxygen atoms in total. The summed E-state index contributed by atoms with van der Waals surface area (Å²) in [6.07, 6.45) is 1.25. The van der Waals surface area contributed by atoms with E-state index in [1.807, 2.05) is 20.8 Å². The molecule has 1 aliphatic heterocycles. The zero-order chi connectivity index (χ0) is 11.1. The summed E-state index contributed by atoms with van der Waals surface area (Å²) in [6, 6.07) is 1.32. The second kappa shape index (κ2) is 6.90. The zero-order valence-corrected chi connectivity index (χ0v) is 10.6. The van der Waals surface area contributed by atoms with Crippen molar-refractivity contribution < 1.29 is 0 Å². The minimum atomic E-state index is 0.609. The van der Waals surface area contributed by atoms with E-state index in [9.17, 15) is 0 Å². The molecule has 0 aromatic rings. The maximum absolute atomic E-state index is 3.29. The van der Waals surface area contributed by atoms with Gasteiger partial charge in [0.2, 0.25) is 0 Å². The average Bonchev–Trinajstić information content (AvgIpc) is 2.52. The fraction of sp³-hybridized carbons (Fsp3) is 0.846. The maximum atomic E-state index is 3.29. The molecule has 1 saturated heterocycles. The Morgan fingerprint density at radius 1 is 1.29 bits per heavy atom. The molecule has 0 radical (unpaired) electrons. The molecule has 0 N–H and O–H groups in total. The smallest absolute Gasteiger partial charge is 0.0368 e.